The van der Waals surface area contributed by atoms with Crippen LogP contribution in [0.4, 0.5) is 0 Å². The van der Waals surface area contributed by atoms with E-state index in [0.29, 0.717) is 32.5 Å². The molecule has 0 unspecified atom stereocenters. The molecule has 3 heterocycles. The highest BCUT2D eigenvalue weighted by atomic mass is 16.2. The van der Waals surface area contributed by atoms with Crippen molar-refractivity contribution in [3.8, 4) is 0 Å². The third kappa shape index (κ3) is 3.52. The lowest BCUT2D eigenvalue weighted by Gasteiger charge is -2.28. The molecule has 6 heteroatoms. The number of hydrogen-bond donors (Lipinski definition) is 1. The van der Waals surface area contributed by atoms with Gasteiger partial charge in [0.2, 0.25) is 5.91 Å². The van der Waals surface area contributed by atoms with E-state index in [-0.39, 0.29) is 11.5 Å². The topological polar surface area (TPSA) is 71.0 Å². The smallest absolute Gasteiger partial charge is 0.267 e. The summed E-state index contributed by atoms with van der Waals surface area (Å²) < 4.78 is 1.51. The molecule has 1 N–H and O–H groups in total. The number of rotatable bonds is 4. The first-order valence-electron chi connectivity index (χ1n) is 10.1. The highest BCUT2D eigenvalue weighted by Gasteiger charge is 2.23. The highest BCUT2D eigenvalue weighted by molar-refractivity contribution is 5.89. The summed E-state index contributed by atoms with van der Waals surface area (Å²) in [5, 5.41) is 5.66. The number of nitrogens with zero attached hydrogens (tertiary/aromatic N) is 3. The number of hydrogen-bond acceptors (Lipinski definition) is 3. The number of nitrogens with one attached hydrogen (secondary N) is 1. The molecule has 1 aliphatic heterocycles. The van der Waals surface area contributed by atoms with Gasteiger partial charge in [-0.05, 0) is 17.2 Å². The average molecular weight is 398 g/mol. The lowest BCUT2D eigenvalue weighted by atomic mass is 10.0. The lowest BCUT2D eigenvalue weighted by Crippen LogP contribution is -2.39. The molecule has 1 aliphatic rings. The maximum atomic E-state index is 12.9. The van der Waals surface area contributed by atoms with Crippen LogP contribution < -0.4 is 5.56 Å². The van der Waals surface area contributed by atoms with Crippen LogP contribution in [0.1, 0.15) is 22.4 Å². The van der Waals surface area contributed by atoms with Gasteiger partial charge in [-0.2, -0.15) is 5.10 Å². The average Bonchev–Trinajstić information content (AvgIpc) is 3.17. The maximum Gasteiger partial charge on any atom is 0.267 e. The fraction of sp³-hybridized carbons (Fsp3) is 0.208. The summed E-state index contributed by atoms with van der Waals surface area (Å²) in [6, 6.07) is 19.5. The number of benzene rings is 2. The number of carbonyl (C=O) groups is 1. The van der Waals surface area contributed by atoms with Gasteiger partial charge in [0.05, 0.1) is 18.7 Å². The van der Waals surface area contributed by atoms with Crippen molar-refractivity contribution in [2.24, 2.45) is 0 Å². The normalized spacial score (nSPS) is 13.4. The van der Waals surface area contributed by atoms with Crippen molar-refractivity contribution in [2.75, 3.05) is 6.54 Å². The molecule has 0 aliphatic carbocycles. The zero-order chi connectivity index (χ0) is 20.5. The van der Waals surface area contributed by atoms with Crippen LogP contribution in [0.5, 0.6) is 0 Å². The van der Waals surface area contributed by atoms with Gasteiger partial charge in [-0.1, -0.05) is 48.5 Å². The second-order valence-electron chi connectivity index (χ2n) is 7.70. The molecule has 0 bridgehead atoms. The largest absolute Gasteiger partial charge is 0.361 e. The van der Waals surface area contributed by atoms with E-state index < -0.39 is 0 Å². The van der Waals surface area contributed by atoms with E-state index in [1.165, 1.54) is 4.68 Å². The second-order valence-corrected chi connectivity index (χ2v) is 7.70. The highest BCUT2D eigenvalue weighted by Crippen LogP contribution is 2.21. The van der Waals surface area contributed by atoms with Crippen LogP contribution >= 0.6 is 0 Å². The molecule has 5 rings (SSSR count). The summed E-state index contributed by atoms with van der Waals surface area (Å²) >= 11 is 0. The number of para-hydroxylation sites is 1. The van der Waals surface area contributed by atoms with Gasteiger partial charge in [0.15, 0.2) is 0 Å². The van der Waals surface area contributed by atoms with Gasteiger partial charge in [-0.3, -0.25) is 9.59 Å². The van der Waals surface area contributed by atoms with Crippen LogP contribution in [0.2, 0.25) is 0 Å². The van der Waals surface area contributed by atoms with Crippen LogP contribution in [0.3, 0.4) is 0 Å². The zero-order valence-electron chi connectivity index (χ0n) is 16.5. The van der Waals surface area contributed by atoms with Gasteiger partial charge in [0.25, 0.3) is 5.56 Å². The number of amides is 1. The first-order valence-corrected chi connectivity index (χ1v) is 10.1. The zero-order valence-corrected chi connectivity index (χ0v) is 16.5. The van der Waals surface area contributed by atoms with Gasteiger partial charge in [-0.25, -0.2) is 4.68 Å². The molecule has 30 heavy (non-hydrogen) atoms. The number of aromatic nitrogens is 3. The third-order valence-electron chi connectivity index (χ3n) is 5.69. The van der Waals surface area contributed by atoms with Gasteiger partial charge >= 0.3 is 0 Å². The van der Waals surface area contributed by atoms with Crippen LogP contribution in [0, 0.1) is 0 Å². The summed E-state index contributed by atoms with van der Waals surface area (Å²) in [6.45, 7) is 1.51. The molecular formula is C24H22N4O2. The van der Waals surface area contributed by atoms with Gasteiger partial charge in [0, 0.05) is 48.2 Å². The molecule has 150 valence electrons. The number of aromatic amines is 1. The predicted octanol–water partition coefficient (Wildman–Crippen LogP) is 2.90. The summed E-state index contributed by atoms with van der Waals surface area (Å²) in [5.74, 6) is 0.0684. The van der Waals surface area contributed by atoms with Crippen molar-refractivity contribution in [1.29, 1.82) is 0 Å². The van der Waals surface area contributed by atoms with Crippen molar-refractivity contribution in [3.05, 3.63) is 99.6 Å². The van der Waals surface area contributed by atoms with E-state index >= 15 is 0 Å². The van der Waals surface area contributed by atoms with Crippen molar-refractivity contribution < 1.29 is 4.79 Å². The van der Waals surface area contributed by atoms with Gasteiger partial charge in [-0.15, -0.1) is 0 Å². The molecule has 2 aromatic carbocycles. The molecule has 0 atom stereocenters. The second kappa shape index (κ2) is 7.63. The Morgan fingerprint density at radius 3 is 2.73 bits per heavy atom. The van der Waals surface area contributed by atoms with E-state index in [9.17, 15) is 9.59 Å². The first-order chi connectivity index (χ1) is 14.7. The molecule has 0 radical (unpaired) electrons. The first kappa shape index (κ1) is 18.4. The standard InChI is InChI=1S/C24H22N4O2/c29-23(12-18-14-25-22-9-5-4-8-20(18)22)27-11-10-21-19(16-27)13-24(30)28(26-21)15-17-6-2-1-3-7-17/h1-9,13-14,25H,10-12,15-16H2. The van der Waals surface area contributed by atoms with Crippen molar-refractivity contribution >= 4 is 16.8 Å². The van der Waals surface area contributed by atoms with Crippen molar-refractivity contribution in [3.63, 3.8) is 0 Å². The number of H-pyrrole nitrogens is 1. The Morgan fingerprint density at radius 2 is 1.87 bits per heavy atom. The van der Waals surface area contributed by atoms with E-state index in [1.807, 2.05) is 65.7 Å². The molecule has 2 aromatic heterocycles. The lowest BCUT2D eigenvalue weighted by molar-refractivity contribution is -0.131. The van der Waals surface area contributed by atoms with Crippen LogP contribution in [-0.2, 0) is 30.7 Å². The van der Waals surface area contributed by atoms with Crippen LogP contribution in [-0.4, -0.2) is 32.1 Å². The molecule has 1 amide bonds. The fourth-order valence-electron chi connectivity index (χ4n) is 4.07. The summed E-state index contributed by atoms with van der Waals surface area (Å²) in [6.07, 6.45) is 2.91. The minimum Gasteiger partial charge on any atom is -0.361 e. The molecule has 0 saturated carbocycles. The van der Waals surface area contributed by atoms with E-state index in [4.69, 9.17) is 0 Å². The Labute approximate surface area is 173 Å². The molecule has 0 spiro atoms. The number of fused-ring (bicyclic) bond motifs is 2. The SMILES string of the molecule is O=C(Cc1c[nH]c2ccccc12)N1CCc2nn(Cc3ccccc3)c(=O)cc2C1. The Hall–Kier alpha value is -3.67. The third-order valence-corrected chi connectivity index (χ3v) is 5.69. The van der Waals surface area contributed by atoms with Crippen molar-refractivity contribution in [1.82, 2.24) is 19.7 Å². The molecule has 4 aromatic rings. The Kier molecular flexibility index (Phi) is 4.67. The molecule has 6 nitrogen and oxygen atoms in total. The Bertz CT molecular complexity index is 1270. The van der Waals surface area contributed by atoms with E-state index in [1.54, 1.807) is 6.07 Å². The minimum atomic E-state index is -0.136. The Balaban J connectivity index is 1.33. The van der Waals surface area contributed by atoms with Crippen LogP contribution in [0.25, 0.3) is 10.9 Å². The Morgan fingerprint density at radius 1 is 1.07 bits per heavy atom. The fourth-order valence-corrected chi connectivity index (χ4v) is 4.07. The summed E-state index contributed by atoms with van der Waals surface area (Å²) in [7, 11) is 0. The van der Waals surface area contributed by atoms with Crippen molar-refractivity contribution in [2.45, 2.75) is 25.9 Å². The minimum absolute atomic E-state index is 0.0684. The van der Waals surface area contributed by atoms with E-state index in [0.717, 1.165) is 33.3 Å². The number of carbonyl (C=O) groups excluding carboxylic acids is 1. The van der Waals surface area contributed by atoms with E-state index in [2.05, 4.69) is 10.1 Å². The monoisotopic (exact) mass is 398 g/mol. The quantitative estimate of drug-likeness (QED) is 0.575. The molecular weight excluding hydrogens is 376 g/mol. The summed E-state index contributed by atoms with van der Waals surface area (Å²) in [5.41, 5.74) is 4.69. The maximum absolute atomic E-state index is 12.9. The predicted molar refractivity (Wildman–Crippen MR) is 115 cm³/mol. The van der Waals surface area contributed by atoms with Crippen LogP contribution in [0.15, 0.2) is 71.7 Å². The van der Waals surface area contributed by atoms with Gasteiger partial charge < -0.3 is 9.88 Å². The molecule has 0 fully saturated rings. The van der Waals surface area contributed by atoms with Gasteiger partial charge in [0.1, 0.15) is 0 Å². The summed E-state index contributed by atoms with van der Waals surface area (Å²) in [4.78, 5) is 30.5. The molecule has 0 saturated heterocycles.